The molecule has 0 aromatic carbocycles. The van der Waals surface area contributed by atoms with Crippen molar-refractivity contribution in [2.45, 2.75) is 31.6 Å². The van der Waals surface area contributed by atoms with Crippen LogP contribution in [0, 0.1) is 5.92 Å². The molecule has 4 aliphatic rings. The van der Waals surface area contributed by atoms with E-state index in [1.54, 1.807) is 25.5 Å². The molecular weight excluding hydrogens is 460 g/mol. The van der Waals surface area contributed by atoms with Gasteiger partial charge in [0.1, 0.15) is 0 Å². The van der Waals surface area contributed by atoms with E-state index >= 15 is 0 Å². The number of rotatable bonds is 4. The van der Waals surface area contributed by atoms with E-state index in [4.69, 9.17) is 26.2 Å². The van der Waals surface area contributed by atoms with Gasteiger partial charge in [0.2, 0.25) is 17.6 Å². The highest BCUT2D eigenvalue weighted by atomic mass is 35.5. The maximum atomic E-state index is 12.4. The van der Waals surface area contributed by atoms with Crippen molar-refractivity contribution in [3.63, 3.8) is 0 Å². The fraction of sp³-hybridized carbons (Fsp3) is 0.571. The Kier molecular flexibility index (Phi) is 7.03. The summed E-state index contributed by atoms with van der Waals surface area (Å²) in [5.74, 6) is -0.0778. The Bertz CT molecular complexity index is 1040. The Morgan fingerprint density at radius 2 is 1.82 bits per heavy atom. The van der Waals surface area contributed by atoms with Crippen LogP contribution in [-0.4, -0.2) is 88.4 Å². The quantitative estimate of drug-likeness (QED) is 0.627. The number of hydrogen-bond acceptors (Lipinski definition) is 11. The normalized spacial score (nSPS) is 26.2. The topological polar surface area (TPSA) is 160 Å². The molecule has 1 unspecified atom stereocenters. The number of hydrogen-bond donors (Lipinski definition) is 2. The summed E-state index contributed by atoms with van der Waals surface area (Å²) < 4.78 is 5.62. The van der Waals surface area contributed by atoms with Crippen molar-refractivity contribution in [1.29, 1.82) is 0 Å². The van der Waals surface area contributed by atoms with Crippen LogP contribution in [0.3, 0.4) is 0 Å². The van der Waals surface area contributed by atoms with E-state index in [0.29, 0.717) is 50.9 Å². The third kappa shape index (κ3) is 4.33. The summed E-state index contributed by atoms with van der Waals surface area (Å²) >= 11 is 0. The van der Waals surface area contributed by atoms with Crippen molar-refractivity contribution < 1.29 is 9.53 Å². The third-order valence-electron chi connectivity index (χ3n) is 6.55. The van der Waals surface area contributed by atoms with Gasteiger partial charge >= 0.3 is 0 Å². The molecule has 0 bridgehead atoms. The number of ether oxygens (including phenoxy) is 1. The van der Waals surface area contributed by atoms with Gasteiger partial charge in [0, 0.05) is 50.1 Å². The van der Waals surface area contributed by atoms with Crippen LogP contribution in [0.4, 0.5) is 5.95 Å². The van der Waals surface area contributed by atoms with E-state index in [0.717, 1.165) is 24.0 Å². The Balaban J connectivity index is 0.00000274. The minimum absolute atomic E-state index is 0. The molecule has 0 saturated carbocycles. The second kappa shape index (κ2) is 9.82. The number of halogens is 1. The zero-order valence-corrected chi connectivity index (χ0v) is 19.8. The maximum absolute atomic E-state index is 12.4. The molecule has 4 N–H and O–H groups in total. The first-order valence-corrected chi connectivity index (χ1v) is 11.2. The SMILES string of the molecule is C[C@@H](N)C(=O)N1CCC(C2(N3CCOCC3)N=C3N=NC=C3C(c3cnc(N)nc3)=N2)CC1.Cl. The van der Waals surface area contributed by atoms with Gasteiger partial charge in [-0.15, -0.1) is 17.5 Å². The average Bonchev–Trinajstić information content (AvgIpc) is 3.32. The van der Waals surface area contributed by atoms with Crippen LogP contribution >= 0.6 is 12.4 Å². The fourth-order valence-electron chi connectivity index (χ4n) is 4.84. The van der Waals surface area contributed by atoms with Crippen LogP contribution in [0.1, 0.15) is 25.3 Å². The molecule has 12 nitrogen and oxygen atoms in total. The number of carbonyl (C=O) groups excluding carboxylic acids is 1. The number of carbonyl (C=O) groups is 1. The standard InChI is InChI=1S/C21H28N10O2.ClH/c1-13(22)19(32)30-4-2-15(3-5-30)21(31-6-8-33-9-7-31)27-17(14-10-24-20(23)25-11-14)16-12-26-29-18(16)28-21;/h10-13,15H,2-9,22H2,1H3,(H2,23,24,25);1H/t13-,21?;/m1./s1. The lowest BCUT2D eigenvalue weighted by molar-refractivity contribution is -0.134. The highest BCUT2D eigenvalue weighted by molar-refractivity contribution is 6.31. The molecule has 0 spiro atoms. The maximum Gasteiger partial charge on any atom is 0.239 e. The number of anilines is 1. The summed E-state index contributed by atoms with van der Waals surface area (Å²) in [7, 11) is 0. The summed E-state index contributed by atoms with van der Waals surface area (Å²) in [5, 5.41) is 8.41. The van der Waals surface area contributed by atoms with Crippen LogP contribution < -0.4 is 11.5 Å². The first kappa shape index (κ1) is 24.3. The van der Waals surface area contributed by atoms with Gasteiger partial charge in [-0.2, -0.15) is 5.11 Å². The molecule has 1 aromatic rings. The third-order valence-corrected chi connectivity index (χ3v) is 6.55. The molecule has 2 fully saturated rings. The van der Waals surface area contributed by atoms with Gasteiger partial charge in [-0.3, -0.25) is 9.69 Å². The van der Waals surface area contributed by atoms with Gasteiger partial charge in [0.05, 0.1) is 36.7 Å². The predicted octanol–water partition coefficient (Wildman–Crippen LogP) is 0.603. The summed E-state index contributed by atoms with van der Waals surface area (Å²) in [4.78, 5) is 35.2. The second-order valence-electron chi connectivity index (χ2n) is 8.66. The van der Waals surface area contributed by atoms with Crippen molar-refractivity contribution >= 4 is 35.8 Å². The molecule has 0 radical (unpaired) electrons. The lowest BCUT2D eigenvalue weighted by atomic mass is 9.86. The van der Waals surface area contributed by atoms with E-state index in [-0.39, 0.29) is 30.2 Å². The molecule has 1 aromatic heterocycles. The van der Waals surface area contributed by atoms with E-state index in [9.17, 15) is 4.79 Å². The van der Waals surface area contributed by atoms with Gasteiger partial charge in [-0.05, 0) is 19.8 Å². The van der Waals surface area contributed by atoms with Gasteiger partial charge in [-0.25, -0.2) is 20.0 Å². The Labute approximate surface area is 203 Å². The number of morpholine rings is 1. The summed E-state index contributed by atoms with van der Waals surface area (Å²) in [5.41, 5.74) is 13.7. The number of nitrogens with two attached hydrogens (primary N) is 2. The summed E-state index contributed by atoms with van der Waals surface area (Å²) in [6.07, 6.45) is 6.49. The fourth-order valence-corrected chi connectivity index (χ4v) is 4.84. The predicted molar refractivity (Wildman–Crippen MR) is 129 cm³/mol. The number of likely N-dealkylation sites (tertiary alicyclic amines) is 1. The minimum Gasteiger partial charge on any atom is -0.379 e. The van der Waals surface area contributed by atoms with Crippen LogP contribution in [0.2, 0.25) is 0 Å². The number of azo groups is 1. The molecule has 2 saturated heterocycles. The van der Waals surface area contributed by atoms with Crippen molar-refractivity contribution in [1.82, 2.24) is 19.8 Å². The number of amides is 1. The molecule has 1 amide bonds. The lowest BCUT2D eigenvalue weighted by Gasteiger charge is -2.48. The lowest BCUT2D eigenvalue weighted by Crippen LogP contribution is -2.59. The minimum atomic E-state index is -0.875. The molecule has 13 heteroatoms. The Hall–Kier alpha value is -2.80. The van der Waals surface area contributed by atoms with Crippen molar-refractivity contribution in [3.05, 3.63) is 29.7 Å². The molecule has 4 aliphatic heterocycles. The summed E-state index contributed by atoms with van der Waals surface area (Å²) in [6, 6.07) is -0.508. The molecule has 2 atom stereocenters. The van der Waals surface area contributed by atoms with Crippen molar-refractivity contribution in [2.75, 3.05) is 45.1 Å². The molecular formula is C21H29ClN10O2. The van der Waals surface area contributed by atoms with Crippen LogP contribution in [-0.2, 0) is 9.53 Å². The van der Waals surface area contributed by atoms with Crippen LogP contribution in [0.5, 0.6) is 0 Å². The Morgan fingerprint density at radius 1 is 1.15 bits per heavy atom. The highest BCUT2D eigenvalue weighted by Gasteiger charge is 2.49. The largest absolute Gasteiger partial charge is 0.379 e. The van der Waals surface area contributed by atoms with Crippen molar-refractivity contribution in [2.24, 2.45) is 31.9 Å². The molecule has 5 rings (SSSR count). The van der Waals surface area contributed by atoms with E-state index in [2.05, 4.69) is 25.1 Å². The number of amidine groups is 1. The van der Waals surface area contributed by atoms with Gasteiger partial charge in [-0.1, -0.05) is 0 Å². The molecule has 5 heterocycles. The van der Waals surface area contributed by atoms with Crippen LogP contribution in [0.25, 0.3) is 0 Å². The number of fused-ring (bicyclic) bond motifs is 1. The monoisotopic (exact) mass is 488 g/mol. The number of nitrogen functional groups attached to an aromatic ring is 1. The van der Waals surface area contributed by atoms with Crippen LogP contribution in [0.15, 0.2) is 44.4 Å². The number of nitrogens with zero attached hydrogens (tertiary/aromatic N) is 8. The van der Waals surface area contributed by atoms with Gasteiger partial charge in [0.15, 0.2) is 5.84 Å². The van der Waals surface area contributed by atoms with Gasteiger partial charge < -0.3 is 21.1 Å². The average molecular weight is 489 g/mol. The van der Waals surface area contributed by atoms with E-state index < -0.39 is 11.8 Å². The number of aromatic nitrogens is 2. The zero-order valence-electron chi connectivity index (χ0n) is 19.0. The molecule has 182 valence electrons. The molecule has 34 heavy (non-hydrogen) atoms. The van der Waals surface area contributed by atoms with Gasteiger partial charge in [0.25, 0.3) is 0 Å². The number of aliphatic imine (C=N–C) groups is 2. The van der Waals surface area contributed by atoms with E-state index in [1.165, 1.54) is 0 Å². The van der Waals surface area contributed by atoms with E-state index in [1.807, 2.05) is 4.90 Å². The summed E-state index contributed by atoms with van der Waals surface area (Å²) in [6.45, 7) is 5.55. The highest BCUT2D eigenvalue weighted by Crippen LogP contribution is 2.41. The number of piperidine rings is 1. The smallest absolute Gasteiger partial charge is 0.239 e. The molecule has 0 aliphatic carbocycles. The Morgan fingerprint density at radius 3 is 2.47 bits per heavy atom. The zero-order chi connectivity index (χ0) is 23.0. The second-order valence-corrected chi connectivity index (χ2v) is 8.66. The van der Waals surface area contributed by atoms with Crippen molar-refractivity contribution in [3.8, 4) is 0 Å². The first-order chi connectivity index (χ1) is 16.0. The first-order valence-electron chi connectivity index (χ1n) is 11.2.